The molecule has 8 nitrogen and oxygen atoms in total. The predicted octanol–water partition coefficient (Wildman–Crippen LogP) is 5.86. The van der Waals surface area contributed by atoms with Crippen LogP contribution in [-0.4, -0.2) is 56.7 Å². The van der Waals surface area contributed by atoms with Crippen LogP contribution in [-0.2, 0) is 37.8 Å². The van der Waals surface area contributed by atoms with Crippen LogP contribution in [0.4, 0.5) is 0 Å². The Morgan fingerprint density at radius 1 is 1.02 bits per heavy atom. The van der Waals surface area contributed by atoms with Crippen molar-refractivity contribution in [2.75, 3.05) is 6.61 Å². The molecule has 3 saturated carbocycles. The third-order valence-electron chi connectivity index (χ3n) is 11.0. The topological polar surface area (TPSA) is 97.4 Å². The highest BCUT2D eigenvalue weighted by Gasteiger charge is 2.74. The number of rotatable bonds is 6. The van der Waals surface area contributed by atoms with Crippen molar-refractivity contribution in [2.24, 2.45) is 28.6 Å². The first kappa shape index (κ1) is 30.3. The maximum Gasteiger partial charge on any atom is 0.373 e. The summed E-state index contributed by atoms with van der Waals surface area (Å²) in [6.45, 7) is 18.0. The Balaban J connectivity index is 1.60. The summed E-state index contributed by atoms with van der Waals surface area (Å²) in [5, 5.41) is 0. The lowest BCUT2D eigenvalue weighted by molar-refractivity contribution is -0.184. The van der Waals surface area contributed by atoms with E-state index in [1.54, 1.807) is 6.92 Å². The van der Waals surface area contributed by atoms with Gasteiger partial charge in [0.15, 0.2) is 14.4 Å². The number of hydrogen-bond acceptors (Lipinski definition) is 8. The Morgan fingerprint density at radius 3 is 2.32 bits per heavy atom. The summed E-state index contributed by atoms with van der Waals surface area (Å²) in [4.78, 5) is 37.5. The van der Waals surface area contributed by atoms with Gasteiger partial charge in [-0.05, 0) is 108 Å². The fraction of sp³-hybridized carbons (Fsp3) is 0.781. The monoisotopic (exact) mass is 588 g/mol. The Labute approximate surface area is 245 Å². The molecule has 1 aliphatic heterocycles. The largest absolute Gasteiger partial charge is 0.475 e. The van der Waals surface area contributed by atoms with Gasteiger partial charge in [0.05, 0.1) is 12.0 Å². The molecule has 5 rings (SSSR count). The normalized spacial score (nSPS) is 41.2. The molecule has 0 aromatic heterocycles. The Bertz CT molecular complexity index is 1180. The summed E-state index contributed by atoms with van der Waals surface area (Å²) in [5.74, 6) is 0.237. The van der Waals surface area contributed by atoms with Gasteiger partial charge in [-0.25, -0.2) is 4.79 Å². The van der Waals surface area contributed by atoms with Gasteiger partial charge in [0.25, 0.3) is 0 Å². The minimum Gasteiger partial charge on any atom is -0.475 e. The van der Waals surface area contributed by atoms with E-state index in [1.165, 1.54) is 19.4 Å². The minimum absolute atomic E-state index is 0.0267. The van der Waals surface area contributed by atoms with E-state index >= 15 is 0 Å². The van der Waals surface area contributed by atoms with E-state index in [4.69, 9.17) is 23.4 Å². The Hall–Kier alpha value is -2.13. The molecule has 0 N–H and O–H groups in total. The quantitative estimate of drug-likeness (QED) is 0.165. The Morgan fingerprint density at radius 2 is 1.71 bits per heavy atom. The summed E-state index contributed by atoms with van der Waals surface area (Å²) in [6.07, 6.45) is 6.71. The zero-order valence-corrected chi connectivity index (χ0v) is 27.3. The first-order valence-electron chi connectivity index (χ1n) is 15.4. The maximum atomic E-state index is 13.1. The lowest BCUT2D eigenvalue weighted by Gasteiger charge is -2.62. The molecule has 41 heavy (non-hydrogen) atoms. The van der Waals surface area contributed by atoms with Crippen molar-refractivity contribution in [3.63, 3.8) is 0 Å². The highest BCUT2D eigenvalue weighted by molar-refractivity contribution is 6.69. The van der Waals surface area contributed by atoms with Crippen LogP contribution in [0.5, 0.6) is 0 Å². The lowest BCUT2D eigenvalue weighted by Crippen LogP contribution is -2.65. The van der Waals surface area contributed by atoms with Crippen LogP contribution in [0.15, 0.2) is 23.0 Å². The van der Waals surface area contributed by atoms with Crippen molar-refractivity contribution in [3.8, 4) is 0 Å². The molecular weight excluding hydrogens is 540 g/mol. The Kier molecular flexibility index (Phi) is 7.58. The molecule has 0 aromatic rings. The fourth-order valence-corrected chi connectivity index (χ4v) is 10.9. The van der Waals surface area contributed by atoms with E-state index in [2.05, 4.69) is 39.6 Å². The molecule has 4 aliphatic carbocycles. The van der Waals surface area contributed by atoms with Crippen molar-refractivity contribution in [2.45, 2.75) is 124 Å². The zero-order valence-electron chi connectivity index (χ0n) is 26.3. The van der Waals surface area contributed by atoms with Gasteiger partial charge in [0.2, 0.25) is 5.76 Å². The van der Waals surface area contributed by atoms with Gasteiger partial charge in [-0.15, -0.1) is 0 Å². The number of carbonyl (C=O) groups excluding carboxylic acids is 3. The lowest BCUT2D eigenvalue weighted by atomic mass is 9.44. The van der Waals surface area contributed by atoms with Crippen LogP contribution < -0.4 is 0 Å². The second-order valence-corrected chi connectivity index (χ2v) is 18.7. The first-order chi connectivity index (χ1) is 19.1. The molecule has 0 bridgehead atoms. The van der Waals surface area contributed by atoms with Crippen molar-refractivity contribution < 1.29 is 37.8 Å². The van der Waals surface area contributed by atoms with Crippen LogP contribution in [0.2, 0.25) is 19.6 Å². The second kappa shape index (κ2) is 10.2. The molecule has 1 heterocycles. The number of hydrogen-bond donors (Lipinski definition) is 0. The van der Waals surface area contributed by atoms with Crippen molar-refractivity contribution >= 4 is 26.2 Å². The summed E-state index contributed by atoms with van der Waals surface area (Å²) in [7, 11) is -2.22. The van der Waals surface area contributed by atoms with E-state index in [9.17, 15) is 14.4 Å². The summed E-state index contributed by atoms with van der Waals surface area (Å²) >= 11 is 0. The summed E-state index contributed by atoms with van der Waals surface area (Å²) < 4.78 is 31.0. The zero-order chi connectivity index (χ0) is 30.1. The number of fused-ring (bicyclic) bond motifs is 7. The average molecular weight is 589 g/mol. The van der Waals surface area contributed by atoms with Crippen LogP contribution in [0.3, 0.4) is 0 Å². The predicted molar refractivity (Wildman–Crippen MR) is 155 cm³/mol. The number of carbonyl (C=O) groups is 3. The first-order valence-corrected chi connectivity index (χ1v) is 18.8. The standard InChI is InChI=1S/C32H48O8Si/c1-10-36-29(35)28-18(2)32(40-41(7,8)9)27(39-28)17-25-23-12-11-21-15-22(37-19(3)33)13-14-30(21,5)24(23)16-26(31(25,32)6)38-20(4)34/h17,21-24,26-27H,10-16H2,1-9H3/t21-,22-,23+,24-,26+,27-,30-,31+,32+/m0/s1. The molecule has 0 saturated heterocycles. The van der Waals surface area contributed by atoms with Crippen LogP contribution in [0.1, 0.15) is 80.1 Å². The van der Waals surface area contributed by atoms with Crippen molar-refractivity contribution in [1.82, 2.24) is 0 Å². The molecule has 0 unspecified atom stereocenters. The molecule has 0 amide bonds. The highest BCUT2D eigenvalue weighted by atomic mass is 28.4. The molecule has 228 valence electrons. The number of esters is 3. The van der Waals surface area contributed by atoms with Gasteiger partial charge in [0, 0.05) is 19.4 Å². The third kappa shape index (κ3) is 4.60. The average Bonchev–Trinajstić information content (AvgIpc) is 3.26. The molecule has 3 fully saturated rings. The minimum atomic E-state index is -2.22. The van der Waals surface area contributed by atoms with Crippen LogP contribution in [0.25, 0.3) is 0 Å². The SMILES string of the molecule is CCOC(=O)C1=C(C)[C@@]2(O[Si](C)(C)C)[C@H](C=C3[C@@H]4CC[C@H]5C[C@@H](OC(C)=O)CC[C@]5(C)[C@H]4C[C@@H](OC(C)=O)[C@@]32C)O1. The molecule has 0 aromatic carbocycles. The van der Waals surface area contributed by atoms with Gasteiger partial charge < -0.3 is 23.4 Å². The fourth-order valence-electron chi connectivity index (χ4n) is 9.46. The molecule has 9 atom stereocenters. The van der Waals surface area contributed by atoms with E-state index in [1.807, 2.05) is 6.92 Å². The number of ether oxygens (including phenoxy) is 4. The third-order valence-corrected chi connectivity index (χ3v) is 11.9. The molecule has 0 spiro atoms. The van der Waals surface area contributed by atoms with Gasteiger partial charge in [-0.1, -0.05) is 12.5 Å². The van der Waals surface area contributed by atoms with E-state index in [0.717, 1.165) is 44.1 Å². The van der Waals surface area contributed by atoms with E-state index in [0.29, 0.717) is 11.8 Å². The summed E-state index contributed by atoms with van der Waals surface area (Å²) in [6, 6.07) is 0. The molecule has 9 heteroatoms. The molecule has 5 aliphatic rings. The molecule has 0 radical (unpaired) electrons. The van der Waals surface area contributed by atoms with E-state index in [-0.39, 0.29) is 41.7 Å². The molecular formula is C32H48O8Si. The highest BCUT2D eigenvalue weighted by Crippen LogP contribution is 2.70. The van der Waals surface area contributed by atoms with Gasteiger partial charge in [0.1, 0.15) is 17.8 Å². The van der Waals surface area contributed by atoms with Gasteiger partial charge in [-0.3, -0.25) is 9.59 Å². The van der Waals surface area contributed by atoms with Crippen molar-refractivity contribution in [3.05, 3.63) is 23.0 Å². The maximum absolute atomic E-state index is 13.1. The summed E-state index contributed by atoms with van der Waals surface area (Å²) in [5.41, 5.74) is 0.333. The van der Waals surface area contributed by atoms with E-state index < -0.39 is 37.5 Å². The van der Waals surface area contributed by atoms with Crippen molar-refractivity contribution in [1.29, 1.82) is 0 Å². The smallest absolute Gasteiger partial charge is 0.373 e. The van der Waals surface area contributed by atoms with Crippen LogP contribution in [0, 0.1) is 28.6 Å². The van der Waals surface area contributed by atoms with Crippen LogP contribution >= 0.6 is 0 Å². The van der Waals surface area contributed by atoms with Gasteiger partial charge >= 0.3 is 17.9 Å². The second-order valence-electron chi connectivity index (χ2n) is 14.3. The van der Waals surface area contributed by atoms with Gasteiger partial charge in [-0.2, -0.15) is 0 Å².